The first-order chi connectivity index (χ1) is 9.56. The average Bonchev–Trinajstić information content (AvgIpc) is 2.46. The van der Waals surface area contributed by atoms with Gasteiger partial charge in [0, 0.05) is 11.6 Å². The first kappa shape index (κ1) is 14.0. The van der Waals surface area contributed by atoms with Crippen molar-refractivity contribution in [2.45, 2.75) is 13.0 Å². The van der Waals surface area contributed by atoms with Crippen LogP contribution < -0.4 is 10.5 Å². The maximum atomic E-state index is 13.6. The fourth-order valence-electron chi connectivity index (χ4n) is 2.15. The van der Waals surface area contributed by atoms with E-state index in [1.165, 1.54) is 19.2 Å². The van der Waals surface area contributed by atoms with Crippen molar-refractivity contribution in [2.75, 3.05) is 7.11 Å². The molecule has 3 nitrogen and oxygen atoms in total. The summed E-state index contributed by atoms with van der Waals surface area (Å²) in [6, 6.07) is 11.3. The third-order valence-electron chi connectivity index (χ3n) is 3.12. The molecule has 0 radical (unpaired) electrons. The molecule has 20 heavy (non-hydrogen) atoms. The Balaban J connectivity index is 2.73. The molecule has 0 fully saturated rings. The van der Waals surface area contributed by atoms with Crippen molar-refractivity contribution in [3.8, 4) is 22.9 Å². The molecule has 0 aromatic heterocycles. The monoisotopic (exact) mass is 270 g/mol. The molecule has 0 spiro atoms. The zero-order chi connectivity index (χ0) is 14.7. The van der Waals surface area contributed by atoms with Crippen molar-refractivity contribution in [3.05, 3.63) is 53.3 Å². The maximum absolute atomic E-state index is 13.6. The average molecular weight is 270 g/mol. The van der Waals surface area contributed by atoms with Gasteiger partial charge in [0.1, 0.15) is 11.6 Å². The van der Waals surface area contributed by atoms with Gasteiger partial charge in [0.05, 0.1) is 18.7 Å². The number of hydrogen-bond donors (Lipinski definition) is 1. The summed E-state index contributed by atoms with van der Waals surface area (Å²) in [6.45, 7) is 1.83. The third-order valence-corrected chi connectivity index (χ3v) is 3.12. The lowest BCUT2D eigenvalue weighted by Gasteiger charge is -2.16. The lowest BCUT2D eigenvalue weighted by molar-refractivity contribution is 0.416. The van der Waals surface area contributed by atoms with Crippen molar-refractivity contribution in [3.63, 3.8) is 0 Å². The summed E-state index contributed by atoms with van der Waals surface area (Å²) in [5, 5.41) is 9.02. The van der Waals surface area contributed by atoms with E-state index in [0.717, 1.165) is 5.56 Å². The van der Waals surface area contributed by atoms with Crippen molar-refractivity contribution in [2.24, 2.45) is 5.73 Å². The normalized spacial score (nSPS) is 11.8. The molecule has 0 aliphatic carbocycles. The molecule has 0 bridgehead atoms. The predicted molar refractivity (Wildman–Crippen MR) is 75.7 cm³/mol. The van der Waals surface area contributed by atoms with Crippen LogP contribution in [0.3, 0.4) is 0 Å². The van der Waals surface area contributed by atoms with E-state index in [2.05, 4.69) is 6.07 Å². The fourth-order valence-corrected chi connectivity index (χ4v) is 2.15. The van der Waals surface area contributed by atoms with Gasteiger partial charge in [-0.1, -0.05) is 6.07 Å². The first-order valence-corrected chi connectivity index (χ1v) is 6.20. The maximum Gasteiger partial charge on any atom is 0.126 e. The molecule has 0 heterocycles. The van der Waals surface area contributed by atoms with Crippen molar-refractivity contribution in [1.29, 1.82) is 5.26 Å². The number of hydrogen-bond acceptors (Lipinski definition) is 3. The van der Waals surface area contributed by atoms with Crippen LogP contribution in [0.1, 0.15) is 24.1 Å². The summed E-state index contributed by atoms with van der Waals surface area (Å²) in [5.74, 6) is 0.227. The highest BCUT2D eigenvalue weighted by Crippen LogP contribution is 2.35. The Hall–Kier alpha value is -2.38. The number of benzene rings is 2. The Labute approximate surface area is 117 Å². The Morgan fingerprint density at radius 2 is 1.95 bits per heavy atom. The Morgan fingerprint density at radius 3 is 2.55 bits per heavy atom. The molecule has 0 aliphatic rings. The molecule has 2 aromatic carbocycles. The fraction of sp³-hybridized carbons (Fsp3) is 0.188. The van der Waals surface area contributed by atoms with Gasteiger partial charge in [-0.2, -0.15) is 5.26 Å². The zero-order valence-corrected chi connectivity index (χ0v) is 11.4. The van der Waals surface area contributed by atoms with E-state index in [0.29, 0.717) is 22.4 Å². The van der Waals surface area contributed by atoms with Crippen LogP contribution in [-0.4, -0.2) is 7.11 Å². The first-order valence-electron chi connectivity index (χ1n) is 6.20. The van der Waals surface area contributed by atoms with E-state index in [-0.39, 0.29) is 11.9 Å². The van der Waals surface area contributed by atoms with Gasteiger partial charge in [-0.05, 0) is 48.4 Å². The van der Waals surface area contributed by atoms with E-state index in [1.807, 2.05) is 6.92 Å². The topological polar surface area (TPSA) is 59.0 Å². The Bertz CT molecular complexity index is 675. The molecule has 2 aromatic rings. The number of nitrogens with zero attached hydrogens (tertiary/aromatic N) is 1. The lowest BCUT2D eigenvalue weighted by Crippen LogP contribution is -2.07. The highest BCUT2D eigenvalue weighted by Gasteiger charge is 2.14. The lowest BCUT2D eigenvalue weighted by atomic mass is 9.94. The van der Waals surface area contributed by atoms with E-state index in [9.17, 15) is 4.39 Å². The van der Waals surface area contributed by atoms with Gasteiger partial charge in [0.2, 0.25) is 0 Å². The van der Waals surface area contributed by atoms with Gasteiger partial charge in [-0.25, -0.2) is 4.39 Å². The van der Waals surface area contributed by atoms with Crippen LogP contribution in [0.2, 0.25) is 0 Å². The smallest absolute Gasteiger partial charge is 0.126 e. The third kappa shape index (κ3) is 2.63. The number of rotatable bonds is 3. The van der Waals surface area contributed by atoms with E-state index in [1.54, 1.807) is 24.3 Å². The summed E-state index contributed by atoms with van der Waals surface area (Å²) in [5.41, 5.74) is 8.54. The summed E-state index contributed by atoms with van der Waals surface area (Å²) < 4.78 is 18.9. The molecule has 2 N–H and O–H groups in total. The molecule has 1 unspecified atom stereocenters. The molecule has 1 atom stereocenters. The quantitative estimate of drug-likeness (QED) is 0.930. The van der Waals surface area contributed by atoms with E-state index < -0.39 is 0 Å². The number of nitriles is 1. The van der Waals surface area contributed by atoms with Crippen LogP contribution in [0, 0.1) is 17.1 Å². The predicted octanol–water partition coefficient (Wildman–Crippen LogP) is 3.39. The molecule has 0 aliphatic heterocycles. The summed E-state index contributed by atoms with van der Waals surface area (Å²) in [4.78, 5) is 0. The standard InChI is InChI=1S/C16H15FN2O/c1-10(19)13-5-4-12(17)8-14(13)15-7-11(9-18)3-6-16(15)20-2/h3-8,10H,19H2,1-2H3. The summed E-state index contributed by atoms with van der Waals surface area (Å²) in [7, 11) is 1.54. The van der Waals surface area contributed by atoms with Crippen LogP contribution >= 0.6 is 0 Å². The second-order valence-electron chi connectivity index (χ2n) is 4.55. The van der Waals surface area contributed by atoms with E-state index >= 15 is 0 Å². The summed E-state index contributed by atoms with van der Waals surface area (Å²) in [6.07, 6.45) is 0. The van der Waals surface area contributed by atoms with Gasteiger partial charge in [-0.3, -0.25) is 0 Å². The molecule has 4 heteroatoms. The minimum atomic E-state index is -0.353. The molecule has 2 rings (SSSR count). The Kier molecular flexibility index (Phi) is 4.02. The van der Waals surface area contributed by atoms with Crippen molar-refractivity contribution in [1.82, 2.24) is 0 Å². The number of methoxy groups -OCH3 is 1. The van der Waals surface area contributed by atoms with Gasteiger partial charge < -0.3 is 10.5 Å². The minimum absolute atomic E-state index is 0.249. The van der Waals surface area contributed by atoms with Gasteiger partial charge in [0.15, 0.2) is 0 Å². The Morgan fingerprint density at radius 1 is 1.20 bits per heavy atom. The van der Waals surface area contributed by atoms with Crippen LogP contribution in [0.25, 0.3) is 11.1 Å². The molecule has 0 saturated carbocycles. The molecular weight excluding hydrogens is 255 g/mol. The SMILES string of the molecule is COc1ccc(C#N)cc1-c1cc(F)ccc1C(C)N. The minimum Gasteiger partial charge on any atom is -0.496 e. The number of nitrogens with two attached hydrogens (primary N) is 1. The molecule has 0 amide bonds. The number of ether oxygens (including phenoxy) is 1. The van der Waals surface area contributed by atoms with E-state index in [4.69, 9.17) is 15.7 Å². The van der Waals surface area contributed by atoms with Gasteiger partial charge >= 0.3 is 0 Å². The van der Waals surface area contributed by atoms with Crippen LogP contribution in [0.5, 0.6) is 5.75 Å². The molecule has 102 valence electrons. The zero-order valence-electron chi connectivity index (χ0n) is 11.4. The van der Waals surface area contributed by atoms with Crippen molar-refractivity contribution >= 4 is 0 Å². The van der Waals surface area contributed by atoms with Crippen LogP contribution in [0.15, 0.2) is 36.4 Å². The van der Waals surface area contributed by atoms with Gasteiger partial charge in [-0.15, -0.1) is 0 Å². The van der Waals surface area contributed by atoms with Crippen LogP contribution in [-0.2, 0) is 0 Å². The molecular formula is C16H15FN2O. The second kappa shape index (κ2) is 5.72. The van der Waals surface area contributed by atoms with Crippen molar-refractivity contribution < 1.29 is 9.13 Å². The second-order valence-corrected chi connectivity index (χ2v) is 4.55. The molecule has 0 saturated heterocycles. The number of halogens is 1. The summed E-state index contributed by atoms with van der Waals surface area (Å²) >= 11 is 0. The van der Waals surface area contributed by atoms with Gasteiger partial charge in [0.25, 0.3) is 0 Å². The highest BCUT2D eigenvalue weighted by molar-refractivity contribution is 5.75. The van der Waals surface area contributed by atoms with Crippen LogP contribution in [0.4, 0.5) is 4.39 Å². The largest absolute Gasteiger partial charge is 0.496 e. The highest BCUT2D eigenvalue weighted by atomic mass is 19.1.